The largest absolute Gasteiger partial charge is 0.335 e. The summed E-state index contributed by atoms with van der Waals surface area (Å²) in [5.74, 6) is 1.16. The van der Waals surface area contributed by atoms with Crippen LogP contribution in [0.25, 0.3) is 0 Å². The fraction of sp³-hybridized carbons (Fsp3) is 0.471. The predicted molar refractivity (Wildman–Crippen MR) is 83.8 cm³/mol. The van der Waals surface area contributed by atoms with E-state index in [4.69, 9.17) is 0 Å². The van der Waals surface area contributed by atoms with Gasteiger partial charge in [-0.1, -0.05) is 38.1 Å². The second-order valence-electron chi connectivity index (χ2n) is 5.16. The third-order valence-electron chi connectivity index (χ3n) is 3.48. The van der Waals surface area contributed by atoms with Gasteiger partial charge < -0.3 is 9.88 Å². The van der Waals surface area contributed by atoms with Crippen LogP contribution in [0.15, 0.2) is 36.7 Å². The third kappa shape index (κ3) is 3.94. The van der Waals surface area contributed by atoms with Gasteiger partial charge in [0, 0.05) is 31.9 Å². The summed E-state index contributed by atoms with van der Waals surface area (Å²) in [5.41, 5.74) is 2.76. The molecule has 0 atom stereocenters. The van der Waals surface area contributed by atoms with Gasteiger partial charge in [-0.2, -0.15) is 0 Å². The number of hydrogen-bond acceptors (Lipinski definition) is 2. The van der Waals surface area contributed by atoms with Crippen LogP contribution in [0.1, 0.15) is 43.6 Å². The molecule has 0 amide bonds. The minimum absolute atomic E-state index is 0.914. The predicted octanol–water partition coefficient (Wildman–Crippen LogP) is 3.38. The Morgan fingerprint density at radius 1 is 1.10 bits per heavy atom. The lowest BCUT2D eigenvalue weighted by Crippen LogP contribution is -2.15. The van der Waals surface area contributed by atoms with Gasteiger partial charge in [-0.3, -0.25) is 0 Å². The van der Waals surface area contributed by atoms with Crippen LogP contribution in [-0.2, 0) is 19.5 Å². The van der Waals surface area contributed by atoms with Crippen molar-refractivity contribution >= 4 is 0 Å². The molecule has 1 aromatic heterocycles. The van der Waals surface area contributed by atoms with E-state index < -0.39 is 0 Å². The first-order chi connectivity index (χ1) is 9.85. The number of hydrogen-bond donors (Lipinski definition) is 1. The summed E-state index contributed by atoms with van der Waals surface area (Å²) in [7, 11) is 0. The number of imidazole rings is 1. The Hall–Kier alpha value is -1.61. The van der Waals surface area contributed by atoms with Gasteiger partial charge in [0.2, 0.25) is 0 Å². The lowest BCUT2D eigenvalue weighted by molar-refractivity contribution is 0.642. The van der Waals surface area contributed by atoms with Gasteiger partial charge in [0.05, 0.1) is 0 Å². The molecule has 0 aliphatic carbocycles. The molecule has 2 rings (SSSR count). The molecule has 2 aromatic rings. The van der Waals surface area contributed by atoms with Crippen molar-refractivity contribution in [1.29, 1.82) is 0 Å². The van der Waals surface area contributed by atoms with Crippen LogP contribution in [0.5, 0.6) is 0 Å². The quantitative estimate of drug-likeness (QED) is 0.746. The Morgan fingerprint density at radius 3 is 2.65 bits per heavy atom. The first kappa shape index (κ1) is 14.8. The van der Waals surface area contributed by atoms with E-state index >= 15 is 0 Å². The van der Waals surface area contributed by atoms with Gasteiger partial charge in [0.25, 0.3) is 0 Å². The number of benzene rings is 1. The van der Waals surface area contributed by atoms with Gasteiger partial charge in [-0.25, -0.2) is 4.98 Å². The molecule has 0 saturated carbocycles. The highest BCUT2D eigenvalue weighted by molar-refractivity contribution is 5.29. The van der Waals surface area contributed by atoms with Gasteiger partial charge in [-0.15, -0.1) is 0 Å². The maximum absolute atomic E-state index is 4.51. The molecule has 0 aliphatic heterocycles. The molecular formula is C17H25N3. The summed E-state index contributed by atoms with van der Waals surface area (Å²) in [4.78, 5) is 4.51. The molecule has 0 radical (unpaired) electrons. The van der Waals surface area contributed by atoms with Gasteiger partial charge in [0.1, 0.15) is 5.82 Å². The van der Waals surface area contributed by atoms with Crippen molar-refractivity contribution in [3.05, 3.63) is 53.6 Å². The van der Waals surface area contributed by atoms with Crippen LogP contribution in [0.4, 0.5) is 0 Å². The molecule has 1 aromatic carbocycles. The molecule has 0 fully saturated rings. The summed E-state index contributed by atoms with van der Waals surface area (Å²) in [5, 5.41) is 3.48. The number of aryl methyl sites for hydroxylation is 1. The lowest BCUT2D eigenvalue weighted by atomic mass is 10.0. The topological polar surface area (TPSA) is 29.9 Å². The van der Waals surface area contributed by atoms with Crippen molar-refractivity contribution in [1.82, 2.24) is 14.9 Å². The van der Waals surface area contributed by atoms with Crippen molar-refractivity contribution in [2.45, 2.75) is 46.2 Å². The van der Waals surface area contributed by atoms with Crippen molar-refractivity contribution in [3.8, 4) is 0 Å². The summed E-state index contributed by atoms with van der Waals surface area (Å²) in [6.07, 6.45) is 7.21. The Kier molecular flexibility index (Phi) is 5.81. The van der Waals surface area contributed by atoms with E-state index in [1.807, 2.05) is 6.20 Å². The average Bonchev–Trinajstić information content (AvgIpc) is 2.89. The molecule has 0 bridgehead atoms. The first-order valence-corrected chi connectivity index (χ1v) is 7.62. The number of aromatic nitrogens is 2. The molecule has 0 unspecified atom stereocenters. The van der Waals surface area contributed by atoms with E-state index in [1.54, 1.807) is 0 Å². The fourth-order valence-electron chi connectivity index (χ4n) is 2.42. The highest BCUT2D eigenvalue weighted by Gasteiger charge is 2.07. The Bertz CT molecular complexity index is 516. The van der Waals surface area contributed by atoms with Crippen LogP contribution >= 0.6 is 0 Å². The summed E-state index contributed by atoms with van der Waals surface area (Å²) in [6, 6.07) is 8.66. The van der Waals surface area contributed by atoms with Crippen LogP contribution in [0.2, 0.25) is 0 Å². The molecule has 108 valence electrons. The van der Waals surface area contributed by atoms with E-state index in [9.17, 15) is 0 Å². The minimum atomic E-state index is 0.914. The Morgan fingerprint density at radius 2 is 1.90 bits per heavy atom. The molecule has 0 aliphatic rings. The van der Waals surface area contributed by atoms with Crippen LogP contribution in [0, 0.1) is 0 Å². The van der Waals surface area contributed by atoms with Gasteiger partial charge in [-0.05, 0) is 30.5 Å². The number of nitrogens with zero attached hydrogens (tertiary/aromatic N) is 2. The standard InChI is InChI=1S/C17H25N3/c1-3-9-18-14-16-8-6-5-7-15(16)13-17-19-10-12-20(17)11-4-2/h5-8,10,12,18H,3-4,9,11,13-14H2,1-2H3. The van der Waals surface area contributed by atoms with Gasteiger partial charge >= 0.3 is 0 Å². The monoisotopic (exact) mass is 271 g/mol. The summed E-state index contributed by atoms with van der Waals surface area (Å²) < 4.78 is 2.26. The zero-order valence-corrected chi connectivity index (χ0v) is 12.6. The fourth-order valence-corrected chi connectivity index (χ4v) is 2.42. The molecule has 3 nitrogen and oxygen atoms in total. The van der Waals surface area contributed by atoms with Crippen molar-refractivity contribution in [3.63, 3.8) is 0 Å². The maximum atomic E-state index is 4.51. The van der Waals surface area contributed by atoms with E-state index in [2.05, 4.69) is 59.2 Å². The zero-order chi connectivity index (χ0) is 14.2. The smallest absolute Gasteiger partial charge is 0.113 e. The normalized spacial score (nSPS) is 10.9. The van der Waals surface area contributed by atoms with Crippen LogP contribution in [-0.4, -0.2) is 16.1 Å². The minimum Gasteiger partial charge on any atom is -0.335 e. The van der Waals surface area contributed by atoms with Crippen LogP contribution < -0.4 is 5.32 Å². The highest BCUT2D eigenvalue weighted by Crippen LogP contribution is 2.14. The molecule has 20 heavy (non-hydrogen) atoms. The van der Waals surface area contributed by atoms with Crippen LogP contribution in [0.3, 0.4) is 0 Å². The lowest BCUT2D eigenvalue weighted by Gasteiger charge is -2.11. The molecule has 0 saturated heterocycles. The highest BCUT2D eigenvalue weighted by atomic mass is 15.1. The number of rotatable bonds is 8. The number of nitrogens with one attached hydrogen (secondary N) is 1. The maximum Gasteiger partial charge on any atom is 0.113 e. The molecular weight excluding hydrogens is 246 g/mol. The Balaban J connectivity index is 2.10. The van der Waals surface area contributed by atoms with E-state index in [0.717, 1.165) is 38.3 Å². The van der Waals surface area contributed by atoms with E-state index in [0.29, 0.717) is 0 Å². The molecule has 1 heterocycles. The van der Waals surface area contributed by atoms with E-state index in [1.165, 1.54) is 17.5 Å². The summed E-state index contributed by atoms with van der Waals surface area (Å²) >= 11 is 0. The SMILES string of the molecule is CCCNCc1ccccc1Cc1nccn1CCC. The van der Waals surface area contributed by atoms with Gasteiger partial charge in [0.15, 0.2) is 0 Å². The van der Waals surface area contributed by atoms with Crippen molar-refractivity contribution in [2.24, 2.45) is 0 Å². The average molecular weight is 271 g/mol. The molecule has 3 heteroatoms. The molecule has 0 spiro atoms. The second-order valence-corrected chi connectivity index (χ2v) is 5.16. The molecule has 1 N–H and O–H groups in total. The third-order valence-corrected chi connectivity index (χ3v) is 3.48. The first-order valence-electron chi connectivity index (χ1n) is 7.62. The second kappa shape index (κ2) is 7.85. The van der Waals surface area contributed by atoms with E-state index in [-0.39, 0.29) is 0 Å². The zero-order valence-electron chi connectivity index (χ0n) is 12.6. The summed E-state index contributed by atoms with van der Waals surface area (Å²) in [6.45, 7) is 7.45. The van der Waals surface area contributed by atoms with Crippen molar-refractivity contribution < 1.29 is 0 Å². The Labute approximate surface area is 122 Å². The van der Waals surface area contributed by atoms with Crippen molar-refractivity contribution in [2.75, 3.05) is 6.54 Å².